The van der Waals surface area contributed by atoms with Crippen molar-refractivity contribution in [2.24, 2.45) is 5.92 Å². The molecule has 2 aromatic heterocycles. The van der Waals surface area contributed by atoms with E-state index in [-0.39, 0.29) is 5.56 Å². The lowest BCUT2D eigenvalue weighted by molar-refractivity contribution is 0.414. The highest BCUT2D eigenvalue weighted by molar-refractivity contribution is 7.18. The summed E-state index contributed by atoms with van der Waals surface area (Å²) in [6.45, 7) is 2.79. The Morgan fingerprint density at radius 3 is 3.12 bits per heavy atom. The molecule has 5 heteroatoms. The van der Waals surface area contributed by atoms with Crippen LogP contribution in [0.4, 0.5) is 0 Å². The number of nitrogens with zero attached hydrogens (tertiary/aromatic N) is 2. The second-order valence-corrected chi connectivity index (χ2v) is 7.64. The third-order valence-corrected chi connectivity index (χ3v) is 5.93. The number of hydrogen-bond acceptors (Lipinski definition) is 4. The molecule has 0 unspecified atom stereocenters. The van der Waals surface area contributed by atoms with Gasteiger partial charge in [0.05, 0.1) is 25.4 Å². The summed E-state index contributed by atoms with van der Waals surface area (Å²) in [4.78, 5) is 19.8. The lowest BCUT2D eigenvalue weighted by Gasteiger charge is -2.17. The number of ether oxygens (including phenoxy) is 1. The van der Waals surface area contributed by atoms with E-state index in [0.29, 0.717) is 12.5 Å². The molecule has 0 spiro atoms. The summed E-state index contributed by atoms with van der Waals surface area (Å²) < 4.78 is 6.97. The maximum absolute atomic E-state index is 13.0. The van der Waals surface area contributed by atoms with Gasteiger partial charge < -0.3 is 4.74 Å². The predicted molar refractivity (Wildman–Crippen MR) is 97.2 cm³/mol. The van der Waals surface area contributed by atoms with E-state index in [1.165, 1.54) is 10.4 Å². The van der Waals surface area contributed by atoms with Crippen LogP contribution in [-0.2, 0) is 19.4 Å². The molecule has 4 nitrogen and oxygen atoms in total. The lowest BCUT2D eigenvalue weighted by atomic mass is 9.89. The second kappa shape index (κ2) is 6.06. The molecular formula is C19H20N2O2S. The molecular weight excluding hydrogens is 320 g/mol. The Morgan fingerprint density at radius 1 is 1.42 bits per heavy atom. The van der Waals surface area contributed by atoms with Crippen LogP contribution in [0.2, 0.25) is 0 Å². The number of thiophene rings is 1. The molecule has 24 heavy (non-hydrogen) atoms. The molecule has 0 fully saturated rings. The van der Waals surface area contributed by atoms with Gasteiger partial charge in [0.2, 0.25) is 0 Å². The van der Waals surface area contributed by atoms with Crippen molar-refractivity contribution in [1.29, 1.82) is 0 Å². The number of methoxy groups -OCH3 is 1. The number of rotatable bonds is 3. The Kier molecular flexibility index (Phi) is 3.88. The molecule has 0 N–H and O–H groups in total. The molecule has 1 aromatic carbocycles. The van der Waals surface area contributed by atoms with E-state index in [9.17, 15) is 4.79 Å². The summed E-state index contributed by atoms with van der Waals surface area (Å²) in [5.41, 5.74) is 2.36. The van der Waals surface area contributed by atoms with E-state index in [0.717, 1.165) is 40.8 Å². The Hall–Kier alpha value is -2.14. The topological polar surface area (TPSA) is 44.1 Å². The molecule has 0 saturated carbocycles. The second-order valence-electron chi connectivity index (χ2n) is 6.56. The van der Waals surface area contributed by atoms with E-state index in [2.05, 4.69) is 11.9 Å². The van der Waals surface area contributed by atoms with Gasteiger partial charge >= 0.3 is 0 Å². The first-order valence-corrected chi connectivity index (χ1v) is 9.10. The molecule has 2 heterocycles. The molecule has 0 saturated heterocycles. The summed E-state index contributed by atoms with van der Waals surface area (Å²) in [6.07, 6.45) is 4.90. The van der Waals surface area contributed by atoms with Crippen LogP contribution in [-0.4, -0.2) is 16.7 Å². The minimum atomic E-state index is 0.0786. The van der Waals surface area contributed by atoms with Crippen molar-refractivity contribution >= 4 is 21.6 Å². The van der Waals surface area contributed by atoms with Gasteiger partial charge in [-0.2, -0.15) is 0 Å². The van der Waals surface area contributed by atoms with E-state index < -0.39 is 0 Å². The van der Waals surface area contributed by atoms with Crippen LogP contribution in [0.15, 0.2) is 35.4 Å². The first-order valence-electron chi connectivity index (χ1n) is 8.28. The van der Waals surface area contributed by atoms with Gasteiger partial charge in [0.1, 0.15) is 10.6 Å². The van der Waals surface area contributed by atoms with Gasteiger partial charge in [-0.3, -0.25) is 9.36 Å². The summed E-state index contributed by atoms with van der Waals surface area (Å²) in [5, 5.41) is 0.840. The van der Waals surface area contributed by atoms with Crippen LogP contribution in [0.25, 0.3) is 10.2 Å². The Balaban J connectivity index is 1.77. The number of aryl methyl sites for hydroxylation is 1. The molecule has 124 valence electrons. The van der Waals surface area contributed by atoms with Gasteiger partial charge in [-0.1, -0.05) is 19.1 Å². The number of hydrogen-bond donors (Lipinski definition) is 0. The Bertz CT molecular complexity index is 958. The summed E-state index contributed by atoms with van der Waals surface area (Å²) in [7, 11) is 1.65. The molecule has 0 aliphatic heterocycles. The molecule has 0 amide bonds. The molecule has 1 aliphatic rings. The van der Waals surface area contributed by atoms with Crippen molar-refractivity contribution in [1.82, 2.24) is 9.55 Å². The van der Waals surface area contributed by atoms with E-state index in [1.807, 2.05) is 24.3 Å². The molecule has 0 radical (unpaired) electrons. The van der Waals surface area contributed by atoms with Crippen LogP contribution in [0.1, 0.15) is 29.3 Å². The van der Waals surface area contributed by atoms with Gasteiger partial charge in [-0.25, -0.2) is 4.98 Å². The fraction of sp³-hybridized carbons (Fsp3) is 0.368. The lowest BCUT2D eigenvalue weighted by Crippen LogP contribution is -2.22. The largest absolute Gasteiger partial charge is 0.497 e. The van der Waals surface area contributed by atoms with E-state index in [4.69, 9.17) is 4.74 Å². The maximum atomic E-state index is 13.0. The van der Waals surface area contributed by atoms with Crippen molar-refractivity contribution in [3.63, 3.8) is 0 Å². The van der Waals surface area contributed by atoms with Gasteiger partial charge in [-0.15, -0.1) is 11.3 Å². The van der Waals surface area contributed by atoms with Crippen molar-refractivity contribution in [3.05, 3.63) is 57.0 Å². The zero-order chi connectivity index (χ0) is 16.7. The monoisotopic (exact) mass is 340 g/mol. The SMILES string of the molecule is COc1cccc(Cn2cnc3sc4c(c3c2=O)CC[C@@H](C)C4)c1. The quantitative estimate of drug-likeness (QED) is 0.731. The predicted octanol–water partition coefficient (Wildman–Crippen LogP) is 3.64. The minimum Gasteiger partial charge on any atom is -0.497 e. The average Bonchev–Trinajstić information content (AvgIpc) is 2.95. The fourth-order valence-corrected chi connectivity index (χ4v) is 4.79. The molecule has 1 aliphatic carbocycles. The van der Waals surface area contributed by atoms with E-state index >= 15 is 0 Å². The van der Waals surface area contributed by atoms with Crippen LogP contribution < -0.4 is 10.3 Å². The standard InChI is InChI=1S/C19H20N2O2S/c1-12-6-7-15-16(8-12)24-18-17(15)19(22)21(11-20-18)10-13-4-3-5-14(9-13)23-2/h3-5,9,11-12H,6-8,10H2,1-2H3/t12-/m1/s1. The van der Waals surface area contributed by atoms with Crippen LogP contribution >= 0.6 is 11.3 Å². The Labute approximate surface area is 144 Å². The third kappa shape index (κ3) is 2.63. The summed E-state index contributed by atoms with van der Waals surface area (Å²) >= 11 is 1.69. The van der Waals surface area contributed by atoms with Crippen LogP contribution in [0.3, 0.4) is 0 Å². The van der Waals surface area contributed by atoms with Crippen molar-refractivity contribution in [3.8, 4) is 5.75 Å². The summed E-state index contributed by atoms with van der Waals surface area (Å²) in [6, 6.07) is 7.81. The van der Waals surface area contributed by atoms with Crippen molar-refractivity contribution < 1.29 is 4.74 Å². The fourth-order valence-electron chi connectivity index (χ4n) is 3.45. The highest BCUT2D eigenvalue weighted by Crippen LogP contribution is 2.35. The first kappa shape index (κ1) is 15.4. The number of aromatic nitrogens is 2. The number of benzene rings is 1. The summed E-state index contributed by atoms with van der Waals surface area (Å²) in [5.74, 6) is 1.50. The van der Waals surface area contributed by atoms with Gasteiger partial charge in [0.15, 0.2) is 0 Å². The molecule has 4 rings (SSSR count). The zero-order valence-corrected chi connectivity index (χ0v) is 14.7. The van der Waals surface area contributed by atoms with Crippen LogP contribution in [0.5, 0.6) is 5.75 Å². The first-order chi connectivity index (χ1) is 11.7. The van der Waals surface area contributed by atoms with Crippen LogP contribution in [0, 0.1) is 5.92 Å². The van der Waals surface area contributed by atoms with E-state index in [1.54, 1.807) is 29.3 Å². The molecule has 0 bridgehead atoms. The third-order valence-electron chi connectivity index (χ3n) is 4.77. The van der Waals surface area contributed by atoms with Gasteiger partial charge in [0, 0.05) is 4.88 Å². The Morgan fingerprint density at radius 2 is 2.29 bits per heavy atom. The van der Waals surface area contributed by atoms with Gasteiger partial charge in [0.25, 0.3) is 5.56 Å². The van der Waals surface area contributed by atoms with Crippen molar-refractivity contribution in [2.45, 2.75) is 32.7 Å². The highest BCUT2D eigenvalue weighted by atomic mass is 32.1. The average molecular weight is 340 g/mol. The maximum Gasteiger partial charge on any atom is 0.262 e. The zero-order valence-electron chi connectivity index (χ0n) is 13.9. The molecule has 3 aromatic rings. The smallest absolute Gasteiger partial charge is 0.262 e. The normalized spacial score (nSPS) is 17.0. The molecule has 1 atom stereocenters. The minimum absolute atomic E-state index is 0.0786. The highest BCUT2D eigenvalue weighted by Gasteiger charge is 2.23. The van der Waals surface area contributed by atoms with Crippen molar-refractivity contribution in [2.75, 3.05) is 7.11 Å². The number of fused-ring (bicyclic) bond motifs is 3. The van der Waals surface area contributed by atoms with Gasteiger partial charge in [-0.05, 0) is 48.4 Å².